The zero-order valence-electron chi connectivity index (χ0n) is 16.7. The normalized spacial score (nSPS) is 16.3. The van der Waals surface area contributed by atoms with Crippen molar-refractivity contribution in [1.82, 2.24) is 4.90 Å². The van der Waals surface area contributed by atoms with Crippen LogP contribution in [0.15, 0.2) is 36.4 Å². The molecule has 0 saturated carbocycles. The quantitative estimate of drug-likeness (QED) is 0.846. The minimum Gasteiger partial charge on any atom is -0.486 e. The van der Waals surface area contributed by atoms with Gasteiger partial charge in [-0.1, -0.05) is 35.9 Å². The summed E-state index contributed by atoms with van der Waals surface area (Å²) in [6, 6.07) is 12.7. The second-order valence-corrected chi connectivity index (χ2v) is 8.27. The van der Waals surface area contributed by atoms with E-state index >= 15 is 0 Å². The van der Waals surface area contributed by atoms with Gasteiger partial charge >= 0.3 is 5.97 Å². The number of carbonyl (C=O) groups is 1. The van der Waals surface area contributed by atoms with Gasteiger partial charge in [0.15, 0.2) is 0 Å². The van der Waals surface area contributed by atoms with E-state index in [4.69, 9.17) is 9.84 Å². The van der Waals surface area contributed by atoms with Crippen LogP contribution in [-0.2, 0) is 24.3 Å². The summed E-state index contributed by atoms with van der Waals surface area (Å²) in [5.74, 6) is 0.218. The first-order valence-corrected chi connectivity index (χ1v) is 9.53. The van der Waals surface area contributed by atoms with E-state index in [1.54, 1.807) is 0 Å². The molecule has 1 N–H and O–H groups in total. The number of aryl methyl sites for hydroxylation is 3. The highest BCUT2D eigenvalue weighted by Crippen LogP contribution is 2.31. The molecular formula is C23H29NO3. The Balaban J connectivity index is 1.83. The summed E-state index contributed by atoms with van der Waals surface area (Å²) in [6.07, 6.45) is 0.735. The molecule has 4 nitrogen and oxygen atoms in total. The van der Waals surface area contributed by atoms with Crippen LogP contribution in [0.1, 0.15) is 48.1 Å². The number of benzene rings is 2. The van der Waals surface area contributed by atoms with Gasteiger partial charge in [-0.05, 0) is 56.9 Å². The Kier molecular flexibility index (Phi) is 5.56. The summed E-state index contributed by atoms with van der Waals surface area (Å²) in [6.45, 7) is 11.0. The van der Waals surface area contributed by atoms with Crippen molar-refractivity contribution in [3.05, 3.63) is 64.2 Å². The molecule has 0 radical (unpaired) electrons. The molecule has 0 spiro atoms. The average Bonchev–Trinajstić information content (AvgIpc) is 2.69. The largest absolute Gasteiger partial charge is 0.486 e. The maximum absolute atomic E-state index is 10.9. The van der Waals surface area contributed by atoms with E-state index in [2.05, 4.69) is 62.9 Å². The number of carboxylic acids is 1. The molecule has 1 aliphatic rings. The predicted molar refractivity (Wildman–Crippen MR) is 107 cm³/mol. The lowest BCUT2D eigenvalue weighted by molar-refractivity contribution is -0.136. The van der Waals surface area contributed by atoms with Crippen LogP contribution in [-0.4, -0.2) is 28.1 Å². The molecule has 0 saturated heterocycles. The maximum atomic E-state index is 10.9. The summed E-state index contributed by atoms with van der Waals surface area (Å²) in [7, 11) is 0. The average molecular weight is 367 g/mol. The number of rotatable bonds is 5. The maximum Gasteiger partial charge on any atom is 0.303 e. The standard InChI is InChI=1S/C23H29NO3/c1-16-5-9-21-20(11-16)14-24(15-23(3,4)27-21)13-19-12-18(7-6-17(19)2)8-10-22(25)26/h5-7,9,11-12H,8,10,13-15H2,1-4H3,(H,25,26). The third-order valence-electron chi connectivity index (χ3n) is 5.04. The topological polar surface area (TPSA) is 49.8 Å². The van der Waals surface area contributed by atoms with Crippen LogP contribution >= 0.6 is 0 Å². The molecule has 0 amide bonds. The van der Waals surface area contributed by atoms with E-state index in [0.29, 0.717) is 6.42 Å². The Bertz CT molecular complexity index is 842. The fraction of sp³-hybridized carbons (Fsp3) is 0.435. The number of aliphatic carboxylic acids is 1. The summed E-state index contributed by atoms with van der Waals surface area (Å²) in [5, 5.41) is 8.94. The van der Waals surface area contributed by atoms with Crippen molar-refractivity contribution in [1.29, 1.82) is 0 Å². The smallest absolute Gasteiger partial charge is 0.303 e. The molecule has 27 heavy (non-hydrogen) atoms. The van der Waals surface area contributed by atoms with Gasteiger partial charge in [0.25, 0.3) is 0 Å². The number of ether oxygens (including phenoxy) is 1. The van der Waals surface area contributed by atoms with Crippen molar-refractivity contribution >= 4 is 5.97 Å². The first kappa shape index (κ1) is 19.4. The molecule has 4 heteroatoms. The lowest BCUT2D eigenvalue weighted by Crippen LogP contribution is -2.40. The van der Waals surface area contributed by atoms with Gasteiger partial charge in [-0.25, -0.2) is 0 Å². The number of nitrogens with zero attached hydrogens (tertiary/aromatic N) is 1. The molecule has 1 aliphatic heterocycles. The Morgan fingerprint density at radius 1 is 1.19 bits per heavy atom. The van der Waals surface area contributed by atoms with Gasteiger partial charge in [-0.3, -0.25) is 9.69 Å². The zero-order chi connectivity index (χ0) is 19.6. The summed E-state index contributed by atoms with van der Waals surface area (Å²) in [5.41, 5.74) is 5.77. The molecule has 0 aliphatic carbocycles. The first-order valence-electron chi connectivity index (χ1n) is 9.53. The van der Waals surface area contributed by atoms with Gasteiger partial charge in [0.2, 0.25) is 0 Å². The molecule has 2 aromatic carbocycles. The highest BCUT2D eigenvalue weighted by atomic mass is 16.5. The molecule has 0 unspecified atom stereocenters. The second kappa shape index (κ2) is 7.73. The van der Waals surface area contributed by atoms with Crippen molar-refractivity contribution in [3.8, 4) is 5.75 Å². The molecular weight excluding hydrogens is 338 g/mol. The van der Waals surface area contributed by atoms with Gasteiger partial charge in [-0.2, -0.15) is 0 Å². The summed E-state index contributed by atoms with van der Waals surface area (Å²) >= 11 is 0. The molecule has 0 bridgehead atoms. The van der Waals surface area contributed by atoms with Crippen molar-refractivity contribution in [2.75, 3.05) is 6.54 Å². The van der Waals surface area contributed by atoms with Crippen molar-refractivity contribution in [2.24, 2.45) is 0 Å². The minimum absolute atomic E-state index is 0.166. The molecule has 1 heterocycles. The lowest BCUT2D eigenvalue weighted by Gasteiger charge is -2.30. The zero-order valence-corrected chi connectivity index (χ0v) is 16.7. The van der Waals surface area contributed by atoms with Gasteiger partial charge in [-0.15, -0.1) is 0 Å². The monoisotopic (exact) mass is 367 g/mol. The van der Waals surface area contributed by atoms with E-state index in [1.807, 2.05) is 6.07 Å². The van der Waals surface area contributed by atoms with Gasteiger partial charge in [0.1, 0.15) is 11.4 Å². The third-order valence-corrected chi connectivity index (χ3v) is 5.04. The van der Waals surface area contributed by atoms with Crippen LogP contribution in [0, 0.1) is 13.8 Å². The molecule has 3 rings (SSSR count). The predicted octanol–water partition coefficient (Wildman–Crippen LogP) is 4.49. The van der Waals surface area contributed by atoms with Crippen LogP contribution in [0.4, 0.5) is 0 Å². The highest BCUT2D eigenvalue weighted by molar-refractivity contribution is 5.67. The fourth-order valence-corrected chi connectivity index (χ4v) is 3.75. The molecule has 0 atom stereocenters. The SMILES string of the molecule is Cc1ccc2c(c1)CN(Cc1cc(CCC(=O)O)ccc1C)CC(C)(C)O2. The Morgan fingerprint density at radius 2 is 1.96 bits per heavy atom. The van der Waals surface area contributed by atoms with E-state index in [9.17, 15) is 4.79 Å². The number of hydrogen-bond acceptors (Lipinski definition) is 3. The first-order chi connectivity index (χ1) is 12.7. The Morgan fingerprint density at radius 3 is 2.70 bits per heavy atom. The van der Waals surface area contributed by atoms with Crippen LogP contribution in [0.2, 0.25) is 0 Å². The van der Waals surface area contributed by atoms with Gasteiger partial charge in [0.05, 0.1) is 0 Å². The number of fused-ring (bicyclic) bond motifs is 1. The van der Waals surface area contributed by atoms with Crippen LogP contribution < -0.4 is 4.74 Å². The second-order valence-electron chi connectivity index (χ2n) is 8.27. The molecule has 0 aromatic heterocycles. The summed E-state index contributed by atoms with van der Waals surface area (Å²) in [4.78, 5) is 13.3. The van der Waals surface area contributed by atoms with E-state index in [-0.39, 0.29) is 12.0 Å². The van der Waals surface area contributed by atoms with Gasteiger partial charge < -0.3 is 9.84 Å². The minimum atomic E-state index is -0.754. The van der Waals surface area contributed by atoms with E-state index in [1.165, 1.54) is 22.3 Å². The number of carboxylic acid groups (broad SMARTS) is 1. The Labute approximate surface area is 161 Å². The van der Waals surface area contributed by atoms with Crippen molar-refractivity contribution in [3.63, 3.8) is 0 Å². The van der Waals surface area contributed by atoms with E-state index < -0.39 is 5.97 Å². The van der Waals surface area contributed by atoms with Crippen LogP contribution in [0.5, 0.6) is 5.75 Å². The van der Waals surface area contributed by atoms with Crippen molar-refractivity contribution in [2.45, 2.75) is 59.2 Å². The van der Waals surface area contributed by atoms with Gasteiger partial charge in [0, 0.05) is 31.6 Å². The van der Waals surface area contributed by atoms with Crippen LogP contribution in [0.3, 0.4) is 0 Å². The third kappa shape index (κ3) is 5.10. The highest BCUT2D eigenvalue weighted by Gasteiger charge is 2.29. The number of hydrogen-bond donors (Lipinski definition) is 1. The van der Waals surface area contributed by atoms with Crippen molar-refractivity contribution < 1.29 is 14.6 Å². The van der Waals surface area contributed by atoms with Crippen LogP contribution in [0.25, 0.3) is 0 Å². The summed E-state index contributed by atoms with van der Waals surface area (Å²) < 4.78 is 6.28. The lowest BCUT2D eigenvalue weighted by atomic mass is 10.0. The molecule has 0 fully saturated rings. The van der Waals surface area contributed by atoms with E-state index in [0.717, 1.165) is 30.9 Å². The molecule has 2 aromatic rings. The Hall–Kier alpha value is -2.33. The fourth-order valence-electron chi connectivity index (χ4n) is 3.75. The molecule has 144 valence electrons.